The maximum absolute atomic E-state index is 11.4. The molecular weight excluding hydrogens is 244 g/mol. The van der Waals surface area contributed by atoms with Crippen molar-refractivity contribution in [1.29, 1.82) is 0 Å². The third kappa shape index (κ3) is 7.95. The summed E-state index contributed by atoms with van der Waals surface area (Å²) in [5.74, 6) is -0.724. The minimum Gasteiger partial charge on any atom is -0.481 e. The fraction of sp³-hybridized carbons (Fsp3) is 0.857. The van der Waals surface area contributed by atoms with E-state index >= 15 is 0 Å². The Balaban J connectivity index is 4.25. The van der Waals surface area contributed by atoms with E-state index in [0.29, 0.717) is 6.54 Å². The molecule has 0 aromatic carbocycles. The van der Waals surface area contributed by atoms with Gasteiger partial charge in [-0.2, -0.15) is 0 Å². The van der Waals surface area contributed by atoms with Crippen LogP contribution in [0.2, 0.25) is 0 Å². The van der Waals surface area contributed by atoms with Crippen LogP contribution in [0.3, 0.4) is 0 Å². The molecule has 0 radical (unpaired) electrons. The number of hydrogen-bond acceptors (Lipinski definition) is 4. The van der Waals surface area contributed by atoms with E-state index in [0.717, 1.165) is 32.6 Å². The zero-order chi connectivity index (χ0) is 14.8. The van der Waals surface area contributed by atoms with Crippen molar-refractivity contribution in [2.45, 2.75) is 46.6 Å². The number of Topliss-reactive ketones (excluding diaryl/α,β-unsaturated/α-hetero) is 1. The molecule has 0 saturated heterocycles. The molecular formula is C14H28N2O3. The average molecular weight is 272 g/mol. The van der Waals surface area contributed by atoms with Crippen LogP contribution < -0.4 is 0 Å². The Bertz CT molecular complexity index is 278. The minimum absolute atomic E-state index is 0.0862. The third-order valence-corrected chi connectivity index (χ3v) is 3.56. The van der Waals surface area contributed by atoms with E-state index in [4.69, 9.17) is 5.11 Å². The summed E-state index contributed by atoms with van der Waals surface area (Å²) in [5, 5.41) is 8.75. The van der Waals surface area contributed by atoms with Gasteiger partial charge in [0.1, 0.15) is 5.78 Å². The summed E-state index contributed by atoms with van der Waals surface area (Å²) in [6, 6.07) is -0.198. The Labute approximate surface area is 116 Å². The second-order valence-electron chi connectivity index (χ2n) is 4.85. The first-order valence-corrected chi connectivity index (χ1v) is 7.10. The Hall–Kier alpha value is -0.940. The Morgan fingerprint density at radius 2 is 1.68 bits per heavy atom. The first-order valence-electron chi connectivity index (χ1n) is 7.10. The van der Waals surface area contributed by atoms with Crippen LogP contribution >= 0.6 is 0 Å². The first-order chi connectivity index (χ1) is 8.92. The number of hydrogen-bond donors (Lipinski definition) is 1. The van der Waals surface area contributed by atoms with Crippen LogP contribution in [0.25, 0.3) is 0 Å². The van der Waals surface area contributed by atoms with E-state index in [2.05, 4.69) is 18.7 Å². The smallest absolute Gasteiger partial charge is 0.304 e. The number of carboxylic acid groups (broad SMARTS) is 1. The number of rotatable bonds is 11. The molecule has 1 atom stereocenters. The van der Waals surface area contributed by atoms with Crippen LogP contribution in [0, 0.1) is 0 Å². The van der Waals surface area contributed by atoms with Crippen LogP contribution in [-0.4, -0.2) is 65.4 Å². The molecule has 1 unspecified atom stereocenters. The van der Waals surface area contributed by atoms with E-state index in [1.807, 2.05) is 11.8 Å². The molecule has 0 fully saturated rings. The van der Waals surface area contributed by atoms with E-state index in [1.165, 1.54) is 0 Å². The summed E-state index contributed by atoms with van der Waals surface area (Å²) in [6.45, 7) is 11.9. The van der Waals surface area contributed by atoms with Gasteiger partial charge in [-0.15, -0.1) is 0 Å². The van der Waals surface area contributed by atoms with Gasteiger partial charge in [-0.25, -0.2) is 0 Å². The molecule has 0 bridgehead atoms. The summed E-state index contributed by atoms with van der Waals surface area (Å²) in [6.07, 6.45) is 1.04. The maximum Gasteiger partial charge on any atom is 0.304 e. The standard InChI is InChI=1S/C14H28N2O3/c1-5-15(6-2)9-7-10-16(11-8-14(18)19)12(3)13(4)17/h12H,5-11H2,1-4H3,(H,18,19). The molecule has 0 aliphatic heterocycles. The second-order valence-corrected chi connectivity index (χ2v) is 4.85. The molecule has 0 aliphatic carbocycles. The van der Waals surface area contributed by atoms with Gasteiger partial charge in [-0.1, -0.05) is 13.8 Å². The van der Waals surface area contributed by atoms with Crippen LogP contribution in [0.5, 0.6) is 0 Å². The van der Waals surface area contributed by atoms with Crippen LogP contribution in [0.15, 0.2) is 0 Å². The van der Waals surface area contributed by atoms with Crippen molar-refractivity contribution < 1.29 is 14.7 Å². The number of nitrogens with zero attached hydrogens (tertiary/aromatic N) is 2. The predicted molar refractivity (Wildman–Crippen MR) is 76.4 cm³/mol. The normalized spacial score (nSPS) is 12.9. The van der Waals surface area contributed by atoms with E-state index in [-0.39, 0.29) is 18.2 Å². The van der Waals surface area contributed by atoms with E-state index in [1.54, 1.807) is 6.92 Å². The van der Waals surface area contributed by atoms with Gasteiger partial charge in [-0.3, -0.25) is 14.5 Å². The number of carboxylic acids is 1. The summed E-state index contributed by atoms with van der Waals surface area (Å²) >= 11 is 0. The highest BCUT2D eigenvalue weighted by atomic mass is 16.4. The van der Waals surface area contributed by atoms with Crippen molar-refractivity contribution in [3.63, 3.8) is 0 Å². The highest BCUT2D eigenvalue weighted by Crippen LogP contribution is 2.04. The van der Waals surface area contributed by atoms with Gasteiger partial charge < -0.3 is 10.0 Å². The molecule has 0 heterocycles. The Morgan fingerprint density at radius 1 is 1.11 bits per heavy atom. The lowest BCUT2D eigenvalue weighted by atomic mass is 10.1. The number of carbonyl (C=O) groups excluding carboxylic acids is 1. The van der Waals surface area contributed by atoms with Crippen molar-refractivity contribution in [3.8, 4) is 0 Å². The number of carbonyl (C=O) groups is 2. The van der Waals surface area contributed by atoms with Crippen LogP contribution in [0.4, 0.5) is 0 Å². The first kappa shape index (κ1) is 18.1. The van der Waals surface area contributed by atoms with Gasteiger partial charge in [0.2, 0.25) is 0 Å². The lowest BCUT2D eigenvalue weighted by molar-refractivity contribution is -0.138. The van der Waals surface area contributed by atoms with Gasteiger partial charge in [-0.05, 0) is 39.9 Å². The fourth-order valence-corrected chi connectivity index (χ4v) is 2.03. The Kier molecular flexibility index (Phi) is 9.43. The summed E-state index contributed by atoms with van der Waals surface area (Å²) < 4.78 is 0. The lowest BCUT2D eigenvalue weighted by Crippen LogP contribution is -2.41. The molecule has 112 valence electrons. The molecule has 0 amide bonds. The van der Waals surface area contributed by atoms with Gasteiger partial charge in [0.05, 0.1) is 12.5 Å². The van der Waals surface area contributed by atoms with Crippen molar-refractivity contribution in [1.82, 2.24) is 9.80 Å². The molecule has 0 rings (SSSR count). The number of aliphatic carboxylic acids is 1. The molecule has 5 heteroatoms. The zero-order valence-corrected chi connectivity index (χ0v) is 12.7. The third-order valence-electron chi connectivity index (χ3n) is 3.56. The monoisotopic (exact) mass is 272 g/mol. The molecule has 0 saturated carbocycles. The topological polar surface area (TPSA) is 60.9 Å². The minimum atomic E-state index is -0.815. The fourth-order valence-electron chi connectivity index (χ4n) is 2.03. The summed E-state index contributed by atoms with van der Waals surface area (Å²) in [4.78, 5) is 26.4. The van der Waals surface area contributed by atoms with Crippen molar-refractivity contribution in [3.05, 3.63) is 0 Å². The van der Waals surface area contributed by atoms with Crippen LogP contribution in [-0.2, 0) is 9.59 Å². The highest BCUT2D eigenvalue weighted by Gasteiger charge is 2.18. The summed E-state index contributed by atoms with van der Waals surface area (Å²) in [7, 11) is 0. The van der Waals surface area contributed by atoms with Crippen molar-refractivity contribution in [2.75, 3.05) is 32.7 Å². The van der Waals surface area contributed by atoms with E-state index in [9.17, 15) is 9.59 Å². The predicted octanol–water partition coefficient (Wildman–Crippen LogP) is 1.47. The van der Waals surface area contributed by atoms with E-state index < -0.39 is 5.97 Å². The van der Waals surface area contributed by atoms with Gasteiger partial charge >= 0.3 is 5.97 Å². The SMILES string of the molecule is CCN(CC)CCCN(CCC(=O)O)C(C)C(C)=O. The van der Waals surface area contributed by atoms with Gasteiger partial charge in [0.25, 0.3) is 0 Å². The Morgan fingerprint density at radius 3 is 2.11 bits per heavy atom. The molecule has 5 nitrogen and oxygen atoms in total. The molecule has 19 heavy (non-hydrogen) atoms. The quantitative estimate of drug-likeness (QED) is 0.617. The molecule has 0 aromatic rings. The van der Waals surface area contributed by atoms with Crippen molar-refractivity contribution >= 4 is 11.8 Å². The number of ketones is 1. The van der Waals surface area contributed by atoms with Gasteiger partial charge in [0, 0.05) is 13.1 Å². The summed E-state index contributed by atoms with van der Waals surface area (Å²) in [5.41, 5.74) is 0. The second kappa shape index (κ2) is 9.92. The highest BCUT2D eigenvalue weighted by molar-refractivity contribution is 5.81. The molecule has 0 aromatic heterocycles. The lowest BCUT2D eigenvalue weighted by Gasteiger charge is -2.28. The molecule has 0 spiro atoms. The largest absolute Gasteiger partial charge is 0.481 e. The zero-order valence-electron chi connectivity index (χ0n) is 12.7. The van der Waals surface area contributed by atoms with Crippen LogP contribution in [0.1, 0.15) is 40.5 Å². The average Bonchev–Trinajstić information content (AvgIpc) is 2.37. The van der Waals surface area contributed by atoms with Gasteiger partial charge in [0.15, 0.2) is 0 Å². The maximum atomic E-state index is 11.4. The molecule has 0 aliphatic rings. The molecule has 1 N–H and O–H groups in total. The van der Waals surface area contributed by atoms with Crippen molar-refractivity contribution in [2.24, 2.45) is 0 Å².